The Labute approximate surface area is 130 Å². The fourth-order valence-electron chi connectivity index (χ4n) is 2.58. The van der Waals surface area contributed by atoms with E-state index in [9.17, 15) is 0 Å². The minimum atomic E-state index is 0.844. The summed E-state index contributed by atoms with van der Waals surface area (Å²) >= 11 is 0. The molecule has 2 aromatic rings. The van der Waals surface area contributed by atoms with Gasteiger partial charge in [-0.1, -0.05) is 5.16 Å². The molecule has 1 fully saturated rings. The maximum atomic E-state index is 5.12. The van der Waals surface area contributed by atoms with Crippen molar-refractivity contribution in [2.75, 3.05) is 50.1 Å². The van der Waals surface area contributed by atoms with Crippen LogP contribution < -0.4 is 9.80 Å². The first-order chi connectivity index (χ1) is 10.6. The maximum Gasteiger partial charge on any atom is 0.151 e. The van der Waals surface area contributed by atoms with Crippen LogP contribution in [-0.4, -0.2) is 60.5 Å². The molecule has 0 radical (unpaired) electrons. The number of aromatic nitrogens is 3. The van der Waals surface area contributed by atoms with Gasteiger partial charge in [0.25, 0.3) is 0 Å². The quantitative estimate of drug-likeness (QED) is 0.840. The average molecular weight is 302 g/mol. The van der Waals surface area contributed by atoms with Crippen molar-refractivity contribution in [3.05, 3.63) is 29.7 Å². The Kier molecular flexibility index (Phi) is 4.24. The molecule has 3 rings (SSSR count). The number of nitrogens with zero attached hydrogens (tertiary/aromatic N) is 6. The molecule has 7 nitrogen and oxygen atoms in total. The number of hydrogen-bond donors (Lipinski definition) is 0. The highest BCUT2D eigenvalue weighted by Crippen LogP contribution is 2.16. The van der Waals surface area contributed by atoms with Crippen molar-refractivity contribution in [2.24, 2.45) is 0 Å². The van der Waals surface area contributed by atoms with E-state index in [0.717, 1.165) is 55.8 Å². The minimum Gasteiger partial charge on any atom is -0.361 e. The zero-order chi connectivity index (χ0) is 15.5. The fourth-order valence-corrected chi connectivity index (χ4v) is 2.58. The van der Waals surface area contributed by atoms with E-state index in [0.29, 0.717) is 0 Å². The number of piperazine rings is 1. The van der Waals surface area contributed by atoms with E-state index in [1.54, 1.807) is 0 Å². The predicted octanol–water partition coefficient (Wildman–Crippen LogP) is 1.16. The zero-order valence-electron chi connectivity index (χ0n) is 13.4. The van der Waals surface area contributed by atoms with Gasteiger partial charge in [-0.25, -0.2) is 0 Å². The van der Waals surface area contributed by atoms with Crippen molar-refractivity contribution >= 4 is 11.6 Å². The first-order valence-corrected chi connectivity index (χ1v) is 7.52. The molecule has 0 aliphatic carbocycles. The molecule has 2 aromatic heterocycles. The van der Waals surface area contributed by atoms with Gasteiger partial charge in [0.1, 0.15) is 5.76 Å². The molecular formula is C15H22N6O. The summed E-state index contributed by atoms with van der Waals surface area (Å²) in [6.07, 6.45) is 0. The number of anilines is 2. The molecule has 0 atom stereocenters. The van der Waals surface area contributed by atoms with Crippen molar-refractivity contribution in [1.29, 1.82) is 0 Å². The average Bonchev–Trinajstić information content (AvgIpc) is 2.93. The summed E-state index contributed by atoms with van der Waals surface area (Å²) in [7, 11) is 3.93. The first kappa shape index (κ1) is 14.8. The standard InChI is InChI=1S/C15H22N6O/c1-12-10-13(18-22-12)11-20-6-8-21(9-7-20)15-5-4-14(16-17-15)19(2)3/h4-5,10H,6-9,11H2,1-3H3. The third-order valence-electron chi connectivity index (χ3n) is 3.85. The van der Waals surface area contributed by atoms with Gasteiger partial charge in [0.2, 0.25) is 0 Å². The van der Waals surface area contributed by atoms with Gasteiger partial charge in [0.05, 0.1) is 5.69 Å². The summed E-state index contributed by atoms with van der Waals surface area (Å²) in [6, 6.07) is 6.05. The van der Waals surface area contributed by atoms with Crippen molar-refractivity contribution in [3.8, 4) is 0 Å². The molecule has 22 heavy (non-hydrogen) atoms. The van der Waals surface area contributed by atoms with E-state index >= 15 is 0 Å². The van der Waals surface area contributed by atoms with E-state index in [2.05, 4.69) is 25.2 Å². The number of rotatable bonds is 4. The fraction of sp³-hybridized carbons (Fsp3) is 0.533. The number of hydrogen-bond acceptors (Lipinski definition) is 7. The van der Waals surface area contributed by atoms with Crippen LogP contribution in [0, 0.1) is 6.92 Å². The summed E-state index contributed by atoms with van der Waals surface area (Å²) in [5.74, 6) is 2.69. The van der Waals surface area contributed by atoms with Gasteiger partial charge < -0.3 is 14.3 Å². The molecule has 1 saturated heterocycles. The molecule has 0 amide bonds. The summed E-state index contributed by atoms with van der Waals surface area (Å²) in [4.78, 5) is 6.61. The monoisotopic (exact) mass is 302 g/mol. The van der Waals surface area contributed by atoms with Gasteiger partial charge >= 0.3 is 0 Å². The topological polar surface area (TPSA) is 61.5 Å². The second-order valence-electron chi connectivity index (χ2n) is 5.84. The molecular weight excluding hydrogens is 280 g/mol. The third kappa shape index (κ3) is 3.36. The summed E-state index contributed by atoms with van der Waals surface area (Å²) in [5, 5.41) is 12.6. The second-order valence-corrected chi connectivity index (χ2v) is 5.84. The van der Waals surface area contributed by atoms with Gasteiger partial charge in [-0.15, -0.1) is 10.2 Å². The molecule has 1 aliphatic rings. The minimum absolute atomic E-state index is 0.844. The predicted molar refractivity (Wildman–Crippen MR) is 85.1 cm³/mol. The molecule has 7 heteroatoms. The van der Waals surface area contributed by atoms with E-state index in [-0.39, 0.29) is 0 Å². The van der Waals surface area contributed by atoms with Crippen molar-refractivity contribution in [1.82, 2.24) is 20.3 Å². The lowest BCUT2D eigenvalue weighted by molar-refractivity contribution is 0.241. The van der Waals surface area contributed by atoms with Gasteiger partial charge in [0.15, 0.2) is 11.6 Å². The Bertz CT molecular complexity index is 601. The van der Waals surface area contributed by atoms with Crippen LogP contribution in [0.25, 0.3) is 0 Å². The zero-order valence-corrected chi connectivity index (χ0v) is 13.4. The Morgan fingerprint density at radius 1 is 1.14 bits per heavy atom. The highest BCUT2D eigenvalue weighted by Gasteiger charge is 2.19. The molecule has 0 aromatic carbocycles. The second kappa shape index (κ2) is 6.31. The molecule has 0 saturated carbocycles. The molecule has 0 N–H and O–H groups in total. The van der Waals surface area contributed by atoms with E-state index in [1.165, 1.54) is 0 Å². The molecule has 118 valence electrons. The van der Waals surface area contributed by atoms with Gasteiger partial charge in [-0.3, -0.25) is 4.90 Å². The van der Waals surface area contributed by atoms with Crippen LogP contribution in [0.4, 0.5) is 11.6 Å². The molecule has 3 heterocycles. The van der Waals surface area contributed by atoms with Crippen molar-refractivity contribution in [2.45, 2.75) is 13.5 Å². The Morgan fingerprint density at radius 3 is 2.45 bits per heavy atom. The summed E-state index contributed by atoms with van der Waals surface area (Å²) in [5.41, 5.74) is 1.00. The highest BCUT2D eigenvalue weighted by atomic mass is 16.5. The summed E-state index contributed by atoms with van der Waals surface area (Å²) < 4.78 is 5.12. The highest BCUT2D eigenvalue weighted by molar-refractivity contribution is 5.44. The smallest absolute Gasteiger partial charge is 0.151 e. The van der Waals surface area contributed by atoms with Crippen LogP contribution in [0.3, 0.4) is 0 Å². The van der Waals surface area contributed by atoms with E-state index in [4.69, 9.17) is 4.52 Å². The normalized spacial score (nSPS) is 16.0. The van der Waals surface area contributed by atoms with Crippen LogP contribution in [0.2, 0.25) is 0 Å². The molecule has 1 aliphatic heterocycles. The first-order valence-electron chi connectivity index (χ1n) is 7.52. The largest absolute Gasteiger partial charge is 0.361 e. The summed E-state index contributed by atoms with van der Waals surface area (Å²) in [6.45, 7) is 6.65. The number of aryl methyl sites for hydroxylation is 1. The van der Waals surface area contributed by atoms with Crippen LogP contribution in [0.15, 0.2) is 22.7 Å². The van der Waals surface area contributed by atoms with Crippen LogP contribution in [0.1, 0.15) is 11.5 Å². The van der Waals surface area contributed by atoms with Crippen LogP contribution in [0.5, 0.6) is 0 Å². The lowest BCUT2D eigenvalue weighted by Gasteiger charge is -2.34. The lowest BCUT2D eigenvalue weighted by Crippen LogP contribution is -2.46. The van der Waals surface area contributed by atoms with Gasteiger partial charge in [0, 0.05) is 52.9 Å². The van der Waals surface area contributed by atoms with Gasteiger partial charge in [-0.05, 0) is 19.1 Å². The Morgan fingerprint density at radius 2 is 1.91 bits per heavy atom. The molecule has 0 unspecified atom stereocenters. The van der Waals surface area contributed by atoms with Crippen LogP contribution in [-0.2, 0) is 6.54 Å². The Balaban J connectivity index is 1.54. The SMILES string of the molecule is Cc1cc(CN2CCN(c3ccc(N(C)C)nn3)CC2)no1. The maximum absolute atomic E-state index is 5.12. The molecule has 0 spiro atoms. The lowest BCUT2D eigenvalue weighted by atomic mass is 10.2. The van der Waals surface area contributed by atoms with Crippen LogP contribution >= 0.6 is 0 Å². The van der Waals surface area contributed by atoms with E-state index in [1.807, 2.05) is 44.1 Å². The van der Waals surface area contributed by atoms with E-state index < -0.39 is 0 Å². The van der Waals surface area contributed by atoms with Gasteiger partial charge in [-0.2, -0.15) is 0 Å². The third-order valence-corrected chi connectivity index (χ3v) is 3.85. The van der Waals surface area contributed by atoms with Crippen molar-refractivity contribution in [3.63, 3.8) is 0 Å². The molecule has 0 bridgehead atoms. The Hall–Kier alpha value is -2.15. The van der Waals surface area contributed by atoms with Crippen molar-refractivity contribution < 1.29 is 4.52 Å².